The van der Waals surface area contributed by atoms with Gasteiger partial charge in [0.25, 0.3) is 0 Å². The molecule has 2 fully saturated rings. The first-order valence-corrected chi connectivity index (χ1v) is 10.3. The van der Waals surface area contributed by atoms with E-state index in [1.165, 1.54) is 0 Å². The summed E-state index contributed by atoms with van der Waals surface area (Å²) in [7, 11) is 3.50. The van der Waals surface area contributed by atoms with Gasteiger partial charge in [-0.3, -0.25) is 19.3 Å². The number of ether oxygens (including phenoxy) is 2. The zero-order valence-electron chi connectivity index (χ0n) is 17.5. The molecule has 3 aliphatic heterocycles. The normalized spacial score (nSPS) is 21.7. The van der Waals surface area contributed by atoms with E-state index in [0.717, 1.165) is 18.7 Å². The lowest BCUT2D eigenvalue weighted by molar-refractivity contribution is -0.135. The van der Waals surface area contributed by atoms with Gasteiger partial charge in [0.15, 0.2) is 11.5 Å². The second-order valence-electron chi connectivity index (χ2n) is 8.19. The summed E-state index contributed by atoms with van der Waals surface area (Å²) in [6, 6.07) is 5.40. The Bertz CT molecular complexity index is 843. The molecule has 1 unspecified atom stereocenters. The molecule has 3 heterocycles. The third-order valence-corrected chi connectivity index (χ3v) is 5.90. The van der Waals surface area contributed by atoms with Crippen LogP contribution in [0.1, 0.15) is 12.8 Å². The van der Waals surface area contributed by atoms with E-state index < -0.39 is 0 Å². The molecule has 4 rings (SSSR count). The number of carbonyl (C=O) groups is 3. The van der Waals surface area contributed by atoms with Crippen LogP contribution in [0.3, 0.4) is 0 Å². The van der Waals surface area contributed by atoms with E-state index in [0.29, 0.717) is 44.2 Å². The van der Waals surface area contributed by atoms with Crippen LogP contribution in [0.2, 0.25) is 0 Å². The predicted molar refractivity (Wildman–Crippen MR) is 109 cm³/mol. The van der Waals surface area contributed by atoms with Crippen LogP contribution >= 0.6 is 0 Å². The summed E-state index contributed by atoms with van der Waals surface area (Å²) in [5.41, 5.74) is 0.726. The lowest BCUT2D eigenvalue weighted by Crippen LogP contribution is -2.41. The SMILES string of the molecule is CN(C)C(=O)CN1CCCN(C(=O)C2CC(=O)N(c3ccc4c(c3)OCO4)C2)CC1. The van der Waals surface area contributed by atoms with Crippen LogP contribution in [0.25, 0.3) is 0 Å². The number of rotatable bonds is 4. The Morgan fingerprint density at radius 3 is 2.70 bits per heavy atom. The lowest BCUT2D eigenvalue weighted by atomic mass is 10.1. The van der Waals surface area contributed by atoms with Gasteiger partial charge in [0, 0.05) is 65.0 Å². The summed E-state index contributed by atoms with van der Waals surface area (Å²) >= 11 is 0. The van der Waals surface area contributed by atoms with Gasteiger partial charge in [0.05, 0.1) is 12.5 Å². The molecule has 0 N–H and O–H groups in total. The van der Waals surface area contributed by atoms with Crippen LogP contribution < -0.4 is 14.4 Å². The van der Waals surface area contributed by atoms with Crippen molar-refractivity contribution in [3.8, 4) is 11.5 Å². The highest BCUT2D eigenvalue weighted by molar-refractivity contribution is 6.00. The Hall–Kier alpha value is -2.81. The van der Waals surface area contributed by atoms with E-state index in [1.807, 2.05) is 11.0 Å². The first-order valence-electron chi connectivity index (χ1n) is 10.3. The second-order valence-corrected chi connectivity index (χ2v) is 8.19. The Morgan fingerprint density at radius 1 is 1.10 bits per heavy atom. The quantitative estimate of drug-likeness (QED) is 0.706. The van der Waals surface area contributed by atoms with Gasteiger partial charge in [0.1, 0.15) is 0 Å². The Balaban J connectivity index is 1.36. The lowest BCUT2D eigenvalue weighted by Gasteiger charge is -2.25. The minimum absolute atomic E-state index is 0.0207. The summed E-state index contributed by atoms with van der Waals surface area (Å²) < 4.78 is 10.7. The van der Waals surface area contributed by atoms with Crippen molar-refractivity contribution in [3.05, 3.63) is 18.2 Å². The molecule has 1 aromatic carbocycles. The van der Waals surface area contributed by atoms with Crippen molar-refractivity contribution >= 4 is 23.4 Å². The number of anilines is 1. The molecule has 0 aromatic heterocycles. The standard InChI is InChI=1S/C21H28N4O5/c1-22(2)20(27)13-23-6-3-7-24(9-8-23)21(28)15-10-19(26)25(12-15)16-4-5-17-18(11-16)30-14-29-17/h4-5,11,15H,3,6-10,12-14H2,1-2H3. The first kappa shape index (κ1) is 20.5. The highest BCUT2D eigenvalue weighted by Crippen LogP contribution is 2.37. The number of amides is 3. The van der Waals surface area contributed by atoms with Gasteiger partial charge < -0.3 is 24.2 Å². The van der Waals surface area contributed by atoms with Crippen LogP contribution in [-0.2, 0) is 14.4 Å². The van der Waals surface area contributed by atoms with E-state index >= 15 is 0 Å². The van der Waals surface area contributed by atoms with Crippen molar-refractivity contribution in [2.24, 2.45) is 5.92 Å². The van der Waals surface area contributed by atoms with Crippen molar-refractivity contribution in [3.63, 3.8) is 0 Å². The summed E-state index contributed by atoms with van der Waals surface area (Å²) in [6.45, 7) is 3.61. The number of benzene rings is 1. The largest absolute Gasteiger partial charge is 0.454 e. The molecule has 0 bridgehead atoms. The molecule has 9 nitrogen and oxygen atoms in total. The summed E-state index contributed by atoms with van der Waals surface area (Å²) in [6.07, 6.45) is 1.03. The Morgan fingerprint density at radius 2 is 1.90 bits per heavy atom. The summed E-state index contributed by atoms with van der Waals surface area (Å²) in [5, 5.41) is 0. The van der Waals surface area contributed by atoms with Gasteiger partial charge in [-0.05, 0) is 18.6 Å². The maximum atomic E-state index is 13.1. The van der Waals surface area contributed by atoms with Crippen LogP contribution in [0.15, 0.2) is 18.2 Å². The first-order chi connectivity index (χ1) is 14.4. The fraction of sp³-hybridized carbons (Fsp3) is 0.571. The molecule has 0 aliphatic carbocycles. The molecule has 9 heteroatoms. The van der Waals surface area contributed by atoms with E-state index in [-0.39, 0.29) is 36.9 Å². The van der Waals surface area contributed by atoms with E-state index in [4.69, 9.17) is 9.47 Å². The number of carbonyl (C=O) groups excluding carboxylic acids is 3. The molecule has 3 aliphatic rings. The zero-order chi connectivity index (χ0) is 21.3. The summed E-state index contributed by atoms with van der Waals surface area (Å²) in [5.74, 6) is 0.968. The van der Waals surface area contributed by atoms with Crippen LogP contribution in [0.5, 0.6) is 11.5 Å². The van der Waals surface area contributed by atoms with Crippen molar-refractivity contribution in [2.45, 2.75) is 12.8 Å². The molecule has 3 amide bonds. The topological polar surface area (TPSA) is 82.6 Å². The summed E-state index contributed by atoms with van der Waals surface area (Å²) in [4.78, 5) is 44.9. The van der Waals surface area contributed by atoms with E-state index in [2.05, 4.69) is 4.90 Å². The van der Waals surface area contributed by atoms with Crippen molar-refractivity contribution in [1.82, 2.24) is 14.7 Å². The molecule has 0 saturated carbocycles. The highest BCUT2D eigenvalue weighted by atomic mass is 16.7. The van der Waals surface area contributed by atoms with E-state index in [9.17, 15) is 14.4 Å². The van der Waals surface area contributed by atoms with Crippen LogP contribution in [0.4, 0.5) is 5.69 Å². The van der Waals surface area contributed by atoms with Crippen LogP contribution in [0, 0.1) is 5.92 Å². The molecule has 2 saturated heterocycles. The van der Waals surface area contributed by atoms with Crippen LogP contribution in [-0.4, -0.2) is 92.6 Å². The molecule has 30 heavy (non-hydrogen) atoms. The number of hydrogen-bond donors (Lipinski definition) is 0. The number of fused-ring (bicyclic) bond motifs is 1. The number of likely N-dealkylation sites (N-methyl/N-ethyl adjacent to an activating group) is 1. The molecule has 1 aromatic rings. The van der Waals surface area contributed by atoms with Crippen molar-refractivity contribution in [1.29, 1.82) is 0 Å². The number of nitrogens with zero attached hydrogens (tertiary/aromatic N) is 4. The monoisotopic (exact) mass is 416 g/mol. The highest BCUT2D eigenvalue weighted by Gasteiger charge is 2.38. The molecule has 0 spiro atoms. The van der Waals surface area contributed by atoms with Crippen molar-refractivity contribution < 1.29 is 23.9 Å². The van der Waals surface area contributed by atoms with Gasteiger partial charge in [-0.2, -0.15) is 0 Å². The minimum atomic E-state index is -0.349. The Kier molecular flexibility index (Phi) is 5.80. The molecule has 1 atom stereocenters. The van der Waals surface area contributed by atoms with E-state index in [1.54, 1.807) is 36.0 Å². The van der Waals surface area contributed by atoms with Gasteiger partial charge >= 0.3 is 0 Å². The second kappa shape index (κ2) is 8.51. The third kappa shape index (κ3) is 4.21. The average molecular weight is 416 g/mol. The van der Waals surface area contributed by atoms with Gasteiger partial charge in [-0.25, -0.2) is 0 Å². The molecular weight excluding hydrogens is 388 g/mol. The van der Waals surface area contributed by atoms with Crippen molar-refractivity contribution in [2.75, 3.05) is 65.1 Å². The third-order valence-electron chi connectivity index (χ3n) is 5.90. The predicted octanol–water partition coefficient (Wildman–Crippen LogP) is 0.391. The van der Waals surface area contributed by atoms with Gasteiger partial charge in [-0.15, -0.1) is 0 Å². The average Bonchev–Trinajstić information content (AvgIpc) is 3.28. The maximum Gasteiger partial charge on any atom is 0.236 e. The smallest absolute Gasteiger partial charge is 0.236 e. The van der Waals surface area contributed by atoms with Gasteiger partial charge in [-0.1, -0.05) is 0 Å². The van der Waals surface area contributed by atoms with Gasteiger partial charge in [0.2, 0.25) is 24.5 Å². The maximum absolute atomic E-state index is 13.1. The number of hydrogen-bond acceptors (Lipinski definition) is 6. The Labute approximate surface area is 176 Å². The fourth-order valence-corrected chi connectivity index (χ4v) is 4.12. The molecule has 162 valence electrons. The fourth-order valence-electron chi connectivity index (χ4n) is 4.12. The minimum Gasteiger partial charge on any atom is -0.454 e. The zero-order valence-corrected chi connectivity index (χ0v) is 17.5. The molecule has 0 radical (unpaired) electrons. The molecular formula is C21H28N4O5.